The minimum absolute atomic E-state index is 0.160. The lowest BCUT2D eigenvalue weighted by atomic mass is 9.95. The third kappa shape index (κ3) is 2.99. The molecule has 1 amide bonds. The van der Waals surface area contributed by atoms with Crippen molar-refractivity contribution in [3.05, 3.63) is 65.2 Å². The van der Waals surface area contributed by atoms with Crippen LogP contribution in [0.1, 0.15) is 21.5 Å². The molecule has 2 aromatic rings. The highest BCUT2D eigenvalue weighted by atomic mass is 16.4. The zero-order valence-electron chi connectivity index (χ0n) is 11.9. The van der Waals surface area contributed by atoms with Crippen molar-refractivity contribution in [3.8, 4) is 0 Å². The minimum atomic E-state index is -0.841. The quantitative estimate of drug-likeness (QED) is 0.810. The Morgan fingerprint density at radius 2 is 1.86 bits per heavy atom. The number of fused-ring (bicyclic) bond motifs is 1. The van der Waals surface area contributed by atoms with Crippen molar-refractivity contribution >= 4 is 17.6 Å². The van der Waals surface area contributed by atoms with E-state index >= 15 is 0 Å². The number of carboxylic acids is 1. The van der Waals surface area contributed by atoms with Crippen LogP contribution in [0.2, 0.25) is 0 Å². The summed E-state index contributed by atoms with van der Waals surface area (Å²) in [6.45, 7) is 0.487. The van der Waals surface area contributed by atoms with Crippen LogP contribution in [0.15, 0.2) is 48.5 Å². The molecule has 0 aliphatic carbocycles. The molecule has 0 bridgehead atoms. The van der Waals surface area contributed by atoms with Crippen molar-refractivity contribution in [1.29, 1.82) is 0 Å². The summed E-state index contributed by atoms with van der Waals surface area (Å²) in [5.41, 5.74) is 3.33. The van der Waals surface area contributed by atoms with E-state index < -0.39 is 12.0 Å². The SMILES string of the molecule is O=C(Nc1ccc2c(c1)CNC(C(=O)O)C2)c1ccccc1. The highest BCUT2D eigenvalue weighted by molar-refractivity contribution is 6.04. The van der Waals surface area contributed by atoms with Gasteiger partial charge < -0.3 is 15.7 Å². The van der Waals surface area contributed by atoms with Crippen molar-refractivity contribution in [2.45, 2.75) is 19.0 Å². The first-order valence-corrected chi connectivity index (χ1v) is 7.08. The van der Waals surface area contributed by atoms with E-state index in [4.69, 9.17) is 5.11 Å². The van der Waals surface area contributed by atoms with E-state index in [0.717, 1.165) is 11.1 Å². The molecular weight excluding hydrogens is 280 g/mol. The van der Waals surface area contributed by atoms with Gasteiger partial charge in [0.05, 0.1) is 0 Å². The summed E-state index contributed by atoms with van der Waals surface area (Å²) >= 11 is 0. The summed E-state index contributed by atoms with van der Waals surface area (Å²) in [6.07, 6.45) is 0.456. The number of hydrogen-bond donors (Lipinski definition) is 3. The average molecular weight is 296 g/mol. The highest BCUT2D eigenvalue weighted by Crippen LogP contribution is 2.21. The molecule has 0 saturated carbocycles. The van der Waals surface area contributed by atoms with E-state index in [1.54, 1.807) is 12.1 Å². The fourth-order valence-electron chi connectivity index (χ4n) is 2.56. The maximum Gasteiger partial charge on any atom is 0.321 e. The molecule has 1 unspecified atom stereocenters. The maximum atomic E-state index is 12.1. The van der Waals surface area contributed by atoms with Gasteiger partial charge in [-0.1, -0.05) is 24.3 Å². The maximum absolute atomic E-state index is 12.1. The monoisotopic (exact) mass is 296 g/mol. The second-order valence-corrected chi connectivity index (χ2v) is 5.28. The summed E-state index contributed by atoms with van der Waals surface area (Å²) in [5, 5.41) is 14.9. The van der Waals surface area contributed by atoms with Gasteiger partial charge in [0.15, 0.2) is 0 Å². The number of nitrogens with one attached hydrogen (secondary N) is 2. The van der Waals surface area contributed by atoms with Gasteiger partial charge in [0.2, 0.25) is 0 Å². The Bertz CT molecular complexity index is 713. The molecule has 22 heavy (non-hydrogen) atoms. The molecule has 0 spiro atoms. The van der Waals surface area contributed by atoms with E-state index in [0.29, 0.717) is 24.2 Å². The number of amides is 1. The van der Waals surface area contributed by atoms with Crippen molar-refractivity contribution in [3.63, 3.8) is 0 Å². The highest BCUT2D eigenvalue weighted by Gasteiger charge is 2.23. The van der Waals surface area contributed by atoms with Crippen molar-refractivity contribution < 1.29 is 14.7 Å². The topological polar surface area (TPSA) is 78.4 Å². The summed E-state index contributed by atoms with van der Waals surface area (Å²) in [6, 6.07) is 14.0. The van der Waals surface area contributed by atoms with Crippen LogP contribution < -0.4 is 10.6 Å². The predicted octanol–water partition coefficient (Wildman–Crippen LogP) is 2.04. The normalized spacial score (nSPS) is 16.6. The number of hydrogen-bond acceptors (Lipinski definition) is 3. The van der Waals surface area contributed by atoms with Gasteiger partial charge in [-0.15, -0.1) is 0 Å². The van der Waals surface area contributed by atoms with Crippen LogP contribution in [-0.2, 0) is 17.8 Å². The largest absolute Gasteiger partial charge is 0.480 e. The summed E-state index contributed by atoms with van der Waals surface area (Å²) in [5.74, 6) is -1.00. The smallest absolute Gasteiger partial charge is 0.321 e. The fourth-order valence-corrected chi connectivity index (χ4v) is 2.56. The predicted molar refractivity (Wildman–Crippen MR) is 82.8 cm³/mol. The standard InChI is InChI=1S/C17H16N2O3/c20-16(11-4-2-1-3-5-11)19-14-7-6-12-9-15(17(21)22)18-10-13(12)8-14/h1-8,15,18H,9-10H2,(H,19,20)(H,21,22). The van der Waals surface area contributed by atoms with Gasteiger partial charge in [-0.25, -0.2) is 0 Å². The number of carbonyl (C=O) groups is 2. The molecular formula is C17H16N2O3. The molecule has 0 saturated heterocycles. The van der Waals surface area contributed by atoms with Crippen LogP contribution in [0.4, 0.5) is 5.69 Å². The van der Waals surface area contributed by atoms with Crippen LogP contribution in [0.25, 0.3) is 0 Å². The first-order valence-electron chi connectivity index (χ1n) is 7.08. The molecule has 112 valence electrons. The molecule has 0 radical (unpaired) electrons. The summed E-state index contributed by atoms with van der Waals surface area (Å²) < 4.78 is 0. The van der Waals surface area contributed by atoms with Gasteiger partial charge in [0.25, 0.3) is 5.91 Å². The van der Waals surface area contributed by atoms with Gasteiger partial charge in [0, 0.05) is 17.8 Å². The first kappa shape index (κ1) is 14.3. The number of rotatable bonds is 3. The number of aliphatic carboxylic acids is 1. The van der Waals surface area contributed by atoms with E-state index in [9.17, 15) is 9.59 Å². The Morgan fingerprint density at radius 1 is 1.09 bits per heavy atom. The van der Waals surface area contributed by atoms with Gasteiger partial charge >= 0.3 is 5.97 Å². The second-order valence-electron chi connectivity index (χ2n) is 5.28. The molecule has 1 aliphatic rings. The molecule has 1 heterocycles. The second kappa shape index (κ2) is 5.99. The van der Waals surface area contributed by atoms with E-state index in [1.165, 1.54) is 0 Å². The Morgan fingerprint density at radius 3 is 2.59 bits per heavy atom. The lowest BCUT2D eigenvalue weighted by Gasteiger charge is -2.23. The van der Waals surface area contributed by atoms with E-state index in [1.807, 2.05) is 36.4 Å². The third-order valence-electron chi connectivity index (χ3n) is 3.76. The molecule has 5 nitrogen and oxygen atoms in total. The Kier molecular flexibility index (Phi) is 3.89. The lowest BCUT2D eigenvalue weighted by molar-refractivity contribution is -0.139. The molecule has 1 atom stereocenters. The van der Waals surface area contributed by atoms with Crippen molar-refractivity contribution in [2.75, 3.05) is 5.32 Å². The van der Waals surface area contributed by atoms with Crippen LogP contribution in [0, 0.1) is 0 Å². The molecule has 0 aromatic heterocycles. The van der Waals surface area contributed by atoms with E-state index in [-0.39, 0.29) is 5.91 Å². The number of carbonyl (C=O) groups excluding carboxylic acids is 1. The lowest BCUT2D eigenvalue weighted by Crippen LogP contribution is -2.41. The van der Waals surface area contributed by atoms with Crippen LogP contribution in [0.5, 0.6) is 0 Å². The molecule has 3 rings (SSSR count). The molecule has 3 N–H and O–H groups in total. The van der Waals surface area contributed by atoms with Gasteiger partial charge in [-0.2, -0.15) is 0 Å². The van der Waals surface area contributed by atoms with E-state index in [2.05, 4.69) is 10.6 Å². The van der Waals surface area contributed by atoms with Gasteiger partial charge in [-0.05, 0) is 41.8 Å². The minimum Gasteiger partial charge on any atom is -0.480 e. The first-order chi connectivity index (χ1) is 10.6. The van der Waals surface area contributed by atoms with Gasteiger partial charge in [-0.3, -0.25) is 9.59 Å². The van der Waals surface area contributed by atoms with Crippen molar-refractivity contribution in [1.82, 2.24) is 5.32 Å². The van der Waals surface area contributed by atoms with Crippen LogP contribution in [-0.4, -0.2) is 23.0 Å². The van der Waals surface area contributed by atoms with Crippen LogP contribution >= 0.6 is 0 Å². The molecule has 2 aromatic carbocycles. The summed E-state index contributed by atoms with van der Waals surface area (Å²) in [7, 11) is 0. The van der Waals surface area contributed by atoms with Crippen LogP contribution in [0.3, 0.4) is 0 Å². The number of benzene rings is 2. The number of carboxylic acid groups (broad SMARTS) is 1. The zero-order chi connectivity index (χ0) is 15.5. The Hall–Kier alpha value is -2.66. The van der Waals surface area contributed by atoms with Gasteiger partial charge in [0.1, 0.15) is 6.04 Å². The Labute approximate surface area is 128 Å². The third-order valence-corrected chi connectivity index (χ3v) is 3.76. The van der Waals surface area contributed by atoms with Crippen molar-refractivity contribution in [2.24, 2.45) is 0 Å². The molecule has 0 fully saturated rings. The molecule has 5 heteroatoms. The summed E-state index contributed by atoms with van der Waals surface area (Å²) in [4.78, 5) is 23.1. The fraction of sp³-hybridized carbons (Fsp3) is 0.176. The zero-order valence-corrected chi connectivity index (χ0v) is 11.9. The molecule has 1 aliphatic heterocycles. The average Bonchev–Trinajstić information content (AvgIpc) is 2.55. The number of anilines is 1. The Balaban J connectivity index is 1.75.